The average Bonchev–Trinajstić information content (AvgIpc) is 2.49. The number of anilines is 1. The Kier molecular flexibility index (Phi) is 6.77. The Balaban J connectivity index is 3.09. The van der Waals surface area contributed by atoms with Crippen molar-refractivity contribution in [3.8, 4) is 6.07 Å². The standard InChI is InChI=1S/C16H21ClFN3O2/c1-5-16(3,4)12(8-13(22)23-6-2)20-15-11(18)7-10(9-19)14(17)21-15/h7,12H,5-6,8H2,1-4H3,(H,20,21). The molecule has 1 rings (SSSR count). The molecule has 7 heteroatoms. The number of carbonyl (C=O) groups excluding carboxylic acids is 1. The quantitative estimate of drug-likeness (QED) is 0.601. The Bertz CT molecular complexity index is 614. The molecule has 1 aromatic heterocycles. The van der Waals surface area contributed by atoms with Gasteiger partial charge in [-0.25, -0.2) is 9.37 Å². The largest absolute Gasteiger partial charge is 0.466 e. The molecule has 0 saturated carbocycles. The van der Waals surface area contributed by atoms with Crippen LogP contribution in [0.1, 0.15) is 46.1 Å². The van der Waals surface area contributed by atoms with Gasteiger partial charge < -0.3 is 10.1 Å². The summed E-state index contributed by atoms with van der Waals surface area (Å²) in [5.41, 5.74) is -0.340. The number of hydrogen-bond donors (Lipinski definition) is 1. The first kappa shape index (κ1) is 19.2. The first-order valence-corrected chi connectivity index (χ1v) is 7.81. The molecule has 0 saturated heterocycles. The number of carbonyl (C=O) groups is 1. The first-order valence-electron chi connectivity index (χ1n) is 7.43. The van der Waals surface area contributed by atoms with Crippen molar-refractivity contribution < 1.29 is 13.9 Å². The van der Waals surface area contributed by atoms with E-state index in [2.05, 4.69) is 10.3 Å². The van der Waals surface area contributed by atoms with Gasteiger partial charge in [0, 0.05) is 6.04 Å². The Hall–Kier alpha value is -1.87. The highest BCUT2D eigenvalue weighted by molar-refractivity contribution is 6.30. The number of pyridine rings is 1. The van der Waals surface area contributed by atoms with Crippen molar-refractivity contribution in [2.45, 2.75) is 46.6 Å². The monoisotopic (exact) mass is 341 g/mol. The van der Waals surface area contributed by atoms with E-state index in [1.54, 1.807) is 13.0 Å². The number of esters is 1. The summed E-state index contributed by atoms with van der Waals surface area (Å²) >= 11 is 5.86. The second-order valence-corrected chi connectivity index (χ2v) is 6.18. The number of ether oxygens (including phenoxy) is 1. The fourth-order valence-electron chi connectivity index (χ4n) is 1.97. The molecule has 1 aromatic rings. The molecule has 5 nitrogen and oxygen atoms in total. The number of rotatable bonds is 7. The Morgan fingerprint density at radius 1 is 1.57 bits per heavy atom. The van der Waals surface area contributed by atoms with Gasteiger partial charge in [-0.3, -0.25) is 4.79 Å². The molecule has 23 heavy (non-hydrogen) atoms. The summed E-state index contributed by atoms with van der Waals surface area (Å²) in [5.74, 6) is -1.14. The smallest absolute Gasteiger partial charge is 0.307 e. The van der Waals surface area contributed by atoms with Crippen LogP contribution < -0.4 is 5.32 Å². The fourth-order valence-corrected chi connectivity index (χ4v) is 2.15. The van der Waals surface area contributed by atoms with Crippen LogP contribution >= 0.6 is 11.6 Å². The summed E-state index contributed by atoms with van der Waals surface area (Å²) in [5, 5.41) is 11.7. The van der Waals surface area contributed by atoms with E-state index in [0.29, 0.717) is 0 Å². The predicted molar refractivity (Wildman–Crippen MR) is 86.7 cm³/mol. The number of nitrogens with one attached hydrogen (secondary N) is 1. The zero-order valence-corrected chi connectivity index (χ0v) is 14.5. The molecule has 1 heterocycles. The normalized spacial score (nSPS) is 12.4. The van der Waals surface area contributed by atoms with E-state index in [4.69, 9.17) is 21.6 Å². The molecule has 1 N–H and O–H groups in total. The molecule has 0 aromatic carbocycles. The van der Waals surface area contributed by atoms with Crippen LogP contribution in [0.3, 0.4) is 0 Å². The maximum Gasteiger partial charge on any atom is 0.307 e. The molecule has 0 bridgehead atoms. The van der Waals surface area contributed by atoms with Gasteiger partial charge in [0.2, 0.25) is 0 Å². The van der Waals surface area contributed by atoms with Gasteiger partial charge in [0.15, 0.2) is 11.6 Å². The number of halogens is 2. The van der Waals surface area contributed by atoms with Gasteiger partial charge in [0.05, 0.1) is 18.6 Å². The van der Waals surface area contributed by atoms with E-state index in [1.165, 1.54) is 0 Å². The van der Waals surface area contributed by atoms with Crippen LogP contribution in [-0.4, -0.2) is 23.6 Å². The zero-order valence-electron chi connectivity index (χ0n) is 13.7. The van der Waals surface area contributed by atoms with Crippen LogP contribution in [0.2, 0.25) is 5.15 Å². The van der Waals surface area contributed by atoms with Crippen LogP contribution in [0.15, 0.2) is 6.07 Å². The second-order valence-electron chi connectivity index (χ2n) is 5.82. The second kappa shape index (κ2) is 8.11. The topological polar surface area (TPSA) is 75.0 Å². The molecule has 0 radical (unpaired) electrons. The molecule has 0 spiro atoms. The summed E-state index contributed by atoms with van der Waals surface area (Å²) in [6.07, 6.45) is 0.836. The molecule has 0 amide bonds. The lowest BCUT2D eigenvalue weighted by molar-refractivity contribution is -0.144. The highest BCUT2D eigenvalue weighted by Gasteiger charge is 2.31. The lowest BCUT2D eigenvalue weighted by atomic mass is 9.80. The van der Waals surface area contributed by atoms with Gasteiger partial charge in [-0.2, -0.15) is 5.26 Å². The van der Waals surface area contributed by atoms with Crippen LogP contribution in [0.25, 0.3) is 0 Å². The fraction of sp³-hybridized carbons (Fsp3) is 0.562. The van der Waals surface area contributed by atoms with Crippen molar-refractivity contribution >= 4 is 23.4 Å². The van der Waals surface area contributed by atoms with E-state index >= 15 is 0 Å². The van der Waals surface area contributed by atoms with E-state index in [9.17, 15) is 9.18 Å². The van der Waals surface area contributed by atoms with E-state index in [0.717, 1.165) is 12.5 Å². The molecular weight excluding hydrogens is 321 g/mol. The zero-order chi connectivity index (χ0) is 17.6. The van der Waals surface area contributed by atoms with Gasteiger partial charge in [0.25, 0.3) is 0 Å². The third kappa shape index (κ3) is 5.07. The number of nitrogens with zero attached hydrogens (tertiary/aromatic N) is 2. The number of nitriles is 1. The number of aromatic nitrogens is 1. The van der Waals surface area contributed by atoms with E-state index in [1.807, 2.05) is 20.8 Å². The maximum absolute atomic E-state index is 14.1. The molecule has 0 aliphatic carbocycles. The minimum Gasteiger partial charge on any atom is -0.466 e. The van der Waals surface area contributed by atoms with Crippen LogP contribution in [-0.2, 0) is 9.53 Å². The molecule has 0 fully saturated rings. The van der Waals surface area contributed by atoms with E-state index in [-0.39, 0.29) is 40.9 Å². The van der Waals surface area contributed by atoms with Gasteiger partial charge >= 0.3 is 5.97 Å². The third-order valence-electron chi connectivity index (χ3n) is 3.89. The lowest BCUT2D eigenvalue weighted by Gasteiger charge is -2.34. The highest BCUT2D eigenvalue weighted by Crippen LogP contribution is 2.31. The van der Waals surface area contributed by atoms with Crippen molar-refractivity contribution in [1.29, 1.82) is 5.26 Å². The Labute approximate surface area is 140 Å². The van der Waals surface area contributed by atoms with Crippen molar-refractivity contribution in [3.63, 3.8) is 0 Å². The van der Waals surface area contributed by atoms with Crippen molar-refractivity contribution in [1.82, 2.24) is 4.98 Å². The lowest BCUT2D eigenvalue weighted by Crippen LogP contribution is -2.38. The molecule has 1 unspecified atom stereocenters. The minimum absolute atomic E-state index is 0.0357. The SMILES string of the molecule is CCOC(=O)CC(Nc1nc(Cl)c(C#N)cc1F)C(C)(C)CC. The average molecular weight is 342 g/mol. The molecule has 1 atom stereocenters. The summed E-state index contributed by atoms with van der Waals surface area (Å²) < 4.78 is 19.1. The predicted octanol–water partition coefficient (Wildman–Crippen LogP) is 3.92. The summed E-state index contributed by atoms with van der Waals surface area (Å²) in [6, 6.07) is 2.41. The highest BCUT2D eigenvalue weighted by atomic mass is 35.5. The first-order chi connectivity index (χ1) is 10.7. The summed E-state index contributed by atoms with van der Waals surface area (Å²) in [7, 11) is 0. The molecule has 0 aliphatic heterocycles. The Morgan fingerprint density at radius 2 is 2.22 bits per heavy atom. The molecular formula is C16H21ClFN3O2. The van der Waals surface area contributed by atoms with Gasteiger partial charge in [-0.05, 0) is 24.8 Å². The summed E-state index contributed by atoms with van der Waals surface area (Å²) in [4.78, 5) is 15.7. The van der Waals surface area contributed by atoms with Gasteiger partial charge in [-0.15, -0.1) is 0 Å². The number of hydrogen-bond acceptors (Lipinski definition) is 5. The van der Waals surface area contributed by atoms with Crippen LogP contribution in [0, 0.1) is 22.6 Å². The molecule has 126 valence electrons. The molecule has 0 aliphatic rings. The minimum atomic E-state index is -0.688. The van der Waals surface area contributed by atoms with Crippen LogP contribution in [0.5, 0.6) is 0 Å². The maximum atomic E-state index is 14.1. The van der Waals surface area contributed by atoms with Crippen LogP contribution in [0.4, 0.5) is 10.2 Å². The van der Waals surface area contributed by atoms with Crippen molar-refractivity contribution in [2.75, 3.05) is 11.9 Å². The van der Waals surface area contributed by atoms with Crippen molar-refractivity contribution in [2.24, 2.45) is 5.41 Å². The third-order valence-corrected chi connectivity index (χ3v) is 4.18. The van der Waals surface area contributed by atoms with Gasteiger partial charge in [0.1, 0.15) is 11.2 Å². The van der Waals surface area contributed by atoms with E-state index < -0.39 is 11.9 Å². The summed E-state index contributed by atoms with van der Waals surface area (Å²) in [6.45, 7) is 7.93. The Morgan fingerprint density at radius 3 is 2.74 bits per heavy atom. The van der Waals surface area contributed by atoms with Crippen molar-refractivity contribution in [3.05, 3.63) is 22.6 Å². The van der Waals surface area contributed by atoms with Gasteiger partial charge in [-0.1, -0.05) is 32.4 Å².